The largest absolute Gasteiger partial charge is 0.477 e. The van der Waals surface area contributed by atoms with E-state index >= 15 is 0 Å². The highest BCUT2D eigenvalue weighted by Crippen LogP contribution is 2.25. The number of ether oxygens (including phenoxy) is 1. The summed E-state index contributed by atoms with van der Waals surface area (Å²) in [6.07, 6.45) is 1.23. The number of aromatic amines is 1. The normalized spacial score (nSPS) is 15.0. The molecule has 21 heavy (non-hydrogen) atoms. The van der Waals surface area contributed by atoms with Gasteiger partial charge in [0.05, 0.1) is 6.20 Å². The van der Waals surface area contributed by atoms with Gasteiger partial charge in [-0.25, -0.2) is 9.89 Å². The molecule has 7 heteroatoms. The number of anilines is 1. The summed E-state index contributed by atoms with van der Waals surface area (Å²) in [7, 11) is 0. The summed E-state index contributed by atoms with van der Waals surface area (Å²) in [5.41, 5.74) is 1.15. The average Bonchev–Trinajstić information content (AvgIpc) is 2.97. The Balaban J connectivity index is 1.72. The van der Waals surface area contributed by atoms with E-state index < -0.39 is 5.97 Å². The maximum atomic E-state index is 11.0. The Hall–Kier alpha value is -2.54. The smallest absolute Gasteiger partial charge is 0.342 e. The highest BCUT2D eigenvalue weighted by molar-refractivity contribution is 5.89. The Morgan fingerprint density at radius 1 is 1.24 bits per heavy atom. The van der Waals surface area contributed by atoms with Gasteiger partial charge in [-0.2, -0.15) is 5.10 Å². The Morgan fingerprint density at radius 3 is 2.62 bits per heavy atom. The molecule has 7 nitrogen and oxygen atoms in total. The first-order valence-electron chi connectivity index (χ1n) is 6.74. The van der Waals surface area contributed by atoms with Crippen molar-refractivity contribution >= 4 is 11.7 Å². The summed E-state index contributed by atoms with van der Waals surface area (Å²) in [6.45, 7) is 3.91. The zero-order valence-corrected chi connectivity index (χ0v) is 11.4. The van der Waals surface area contributed by atoms with Crippen molar-refractivity contribution in [3.8, 4) is 11.6 Å². The highest BCUT2D eigenvalue weighted by atomic mass is 16.5. The van der Waals surface area contributed by atoms with Crippen LogP contribution in [0.15, 0.2) is 30.5 Å². The van der Waals surface area contributed by atoms with Crippen LogP contribution in [0.2, 0.25) is 0 Å². The first-order chi connectivity index (χ1) is 10.2. The summed E-state index contributed by atoms with van der Waals surface area (Å²) < 4.78 is 5.52. The number of carboxylic acids is 1. The number of aromatic nitrogens is 2. The van der Waals surface area contributed by atoms with Crippen molar-refractivity contribution in [2.24, 2.45) is 0 Å². The van der Waals surface area contributed by atoms with Crippen LogP contribution in [0.4, 0.5) is 5.69 Å². The first-order valence-corrected chi connectivity index (χ1v) is 6.74. The number of hydrogen-bond acceptors (Lipinski definition) is 5. The summed E-state index contributed by atoms with van der Waals surface area (Å²) in [5.74, 6) is -0.366. The second kappa shape index (κ2) is 5.84. The summed E-state index contributed by atoms with van der Waals surface area (Å²) in [5, 5.41) is 18.5. The molecule has 0 radical (unpaired) electrons. The Bertz CT molecular complexity index is 617. The molecular weight excluding hydrogens is 272 g/mol. The zero-order chi connectivity index (χ0) is 14.7. The van der Waals surface area contributed by atoms with Crippen molar-refractivity contribution in [2.75, 3.05) is 31.1 Å². The van der Waals surface area contributed by atoms with E-state index in [0.29, 0.717) is 5.75 Å². The van der Waals surface area contributed by atoms with Crippen molar-refractivity contribution in [1.29, 1.82) is 0 Å². The van der Waals surface area contributed by atoms with Crippen LogP contribution in [-0.2, 0) is 0 Å². The lowest BCUT2D eigenvalue weighted by Crippen LogP contribution is -2.43. The number of H-pyrrole nitrogens is 1. The summed E-state index contributed by atoms with van der Waals surface area (Å²) in [6, 6.07) is 7.59. The maximum absolute atomic E-state index is 11.0. The fraction of sp³-hybridized carbons (Fsp3) is 0.286. The number of nitrogens with one attached hydrogen (secondary N) is 2. The quantitative estimate of drug-likeness (QED) is 0.786. The van der Waals surface area contributed by atoms with Gasteiger partial charge < -0.3 is 20.1 Å². The molecule has 1 aliphatic rings. The Kier molecular flexibility index (Phi) is 3.74. The SMILES string of the molecule is O=C(O)c1cn[nH]c1Oc1ccc(N2CCNCC2)cc1. The van der Waals surface area contributed by atoms with Gasteiger partial charge >= 0.3 is 5.97 Å². The summed E-state index contributed by atoms with van der Waals surface area (Å²) in [4.78, 5) is 13.3. The van der Waals surface area contributed by atoms with E-state index in [-0.39, 0.29) is 11.4 Å². The van der Waals surface area contributed by atoms with Crippen molar-refractivity contribution in [2.45, 2.75) is 0 Å². The van der Waals surface area contributed by atoms with E-state index in [1.165, 1.54) is 6.20 Å². The molecule has 3 rings (SSSR count). The van der Waals surface area contributed by atoms with Gasteiger partial charge in [-0.1, -0.05) is 0 Å². The van der Waals surface area contributed by atoms with Gasteiger partial charge in [0.25, 0.3) is 0 Å². The number of rotatable bonds is 4. The average molecular weight is 288 g/mol. The molecule has 0 atom stereocenters. The van der Waals surface area contributed by atoms with Crippen LogP contribution in [0.1, 0.15) is 10.4 Å². The van der Waals surface area contributed by atoms with E-state index in [4.69, 9.17) is 9.84 Å². The predicted molar refractivity (Wildman–Crippen MR) is 77.1 cm³/mol. The molecule has 1 aromatic carbocycles. The van der Waals surface area contributed by atoms with Gasteiger partial charge in [-0.05, 0) is 24.3 Å². The summed E-state index contributed by atoms with van der Waals surface area (Å²) >= 11 is 0. The fourth-order valence-corrected chi connectivity index (χ4v) is 2.27. The van der Waals surface area contributed by atoms with Crippen LogP contribution in [0.5, 0.6) is 11.6 Å². The minimum Gasteiger partial charge on any atom is -0.477 e. The van der Waals surface area contributed by atoms with Crippen LogP contribution in [-0.4, -0.2) is 47.5 Å². The van der Waals surface area contributed by atoms with E-state index in [9.17, 15) is 4.79 Å². The lowest BCUT2D eigenvalue weighted by Gasteiger charge is -2.29. The first kappa shape index (κ1) is 13.4. The minimum absolute atomic E-state index is 0.0150. The molecule has 0 saturated carbocycles. The number of carbonyl (C=O) groups is 1. The molecule has 1 aromatic heterocycles. The molecule has 1 aliphatic heterocycles. The fourth-order valence-electron chi connectivity index (χ4n) is 2.27. The van der Waals surface area contributed by atoms with Gasteiger partial charge in [0.15, 0.2) is 0 Å². The number of nitrogens with zero attached hydrogens (tertiary/aromatic N) is 2. The van der Waals surface area contributed by atoms with Gasteiger partial charge in [0, 0.05) is 31.9 Å². The zero-order valence-electron chi connectivity index (χ0n) is 11.4. The molecule has 1 saturated heterocycles. The monoisotopic (exact) mass is 288 g/mol. The topological polar surface area (TPSA) is 90.5 Å². The van der Waals surface area contributed by atoms with E-state index in [2.05, 4.69) is 20.4 Å². The second-order valence-electron chi connectivity index (χ2n) is 4.75. The van der Waals surface area contributed by atoms with E-state index in [0.717, 1.165) is 31.9 Å². The lowest BCUT2D eigenvalue weighted by atomic mass is 10.2. The van der Waals surface area contributed by atoms with Crippen molar-refractivity contribution in [1.82, 2.24) is 15.5 Å². The van der Waals surface area contributed by atoms with Crippen molar-refractivity contribution in [3.05, 3.63) is 36.0 Å². The van der Waals surface area contributed by atoms with Crippen molar-refractivity contribution < 1.29 is 14.6 Å². The molecule has 0 aliphatic carbocycles. The molecule has 2 heterocycles. The van der Waals surface area contributed by atoms with Gasteiger partial charge in [-0.15, -0.1) is 0 Å². The number of benzene rings is 1. The third kappa shape index (κ3) is 2.97. The number of carboxylic acid groups (broad SMARTS) is 1. The minimum atomic E-state index is -1.07. The standard InChI is InChI=1S/C14H16N4O3/c19-14(20)12-9-16-17-13(12)21-11-3-1-10(2-4-11)18-7-5-15-6-8-18/h1-4,9,15H,5-8H2,(H,16,17)(H,19,20). The number of aromatic carboxylic acids is 1. The second-order valence-corrected chi connectivity index (χ2v) is 4.75. The molecule has 0 bridgehead atoms. The number of piperazine rings is 1. The molecule has 1 fully saturated rings. The van der Waals surface area contributed by atoms with E-state index in [1.807, 2.05) is 24.3 Å². The highest BCUT2D eigenvalue weighted by Gasteiger charge is 2.15. The molecule has 3 N–H and O–H groups in total. The Labute approximate surface area is 121 Å². The van der Waals surface area contributed by atoms with Gasteiger partial charge in [0.2, 0.25) is 5.88 Å². The molecule has 2 aromatic rings. The van der Waals surface area contributed by atoms with Crippen LogP contribution >= 0.6 is 0 Å². The predicted octanol–water partition coefficient (Wildman–Crippen LogP) is 1.31. The third-order valence-electron chi connectivity index (χ3n) is 3.37. The van der Waals surface area contributed by atoms with Gasteiger partial charge in [0.1, 0.15) is 11.3 Å². The van der Waals surface area contributed by atoms with Crippen LogP contribution in [0, 0.1) is 0 Å². The maximum Gasteiger partial charge on any atom is 0.342 e. The number of hydrogen-bond donors (Lipinski definition) is 3. The lowest BCUT2D eigenvalue weighted by molar-refractivity contribution is 0.0694. The van der Waals surface area contributed by atoms with Crippen LogP contribution in [0.3, 0.4) is 0 Å². The van der Waals surface area contributed by atoms with Crippen LogP contribution in [0.25, 0.3) is 0 Å². The van der Waals surface area contributed by atoms with Gasteiger partial charge in [-0.3, -0.25) is 0 Å². The molecule has 110 valence electrons. The molecule has 0 amide bonds. The van der Waals surface area contributed by atoms with Crippen LogP contribution < -0.4 is 15.0 Å². The Morgan fingerprint density at radius 2 is 1.95 bits per heavy atom. The van der Waals surface area contributed by atoms with Crippen molar-refractivity contribution in [3.63, 3.8) is 0 Å². The molecule has 0 spiro atoms. The third-order valence-corrected chi connectivity index (χ3v) is 3.37. The molecular formula is C14H16N4O3. The van der Waals surface area contributed by atoms with E-state index in [1.54, 1.807) is 0 Å². The molecule has 0 unspecified atom stereocenters.